The lowest BCUT2D eigenvalue weighted by molar-refractivity contribution is 0.123. The molecule has 0 aliphatic rings. The highest BCUT2D eigenvalue weighted by Crippen LogP contribution is 2.20. The number of allylic oxidation sites excluding steroid dienone is 1. The van der Waals surface area contributed by atoms with Gasteiger partial charge in [0.25, 0.3) is 0 Å². The average Bonchev–Trinajstić information content (AvgIpc) is 2.89. The molecular weight excluding hydrogens is 436 g/mol. The van der Waals surface area contributed by atoms with Crippen molar-refractivity contribution in [3.63, 3.8) is 0 Å². The normalized spacial score (nSPS) is 11.3. The van der Waals surface area contributed by atoms with Crippen molar-refractivity contribution >= 4 is 0 Å². The second-order valence-electron chi connectivity index (χ2n) is 8.98. The van der Waals surface area contributed by atoms with Gasteiger partial charge < -0.3 is 14.2 Å². The summed E-state index contributed by atoms with van der Waals surface area (Å²) in [5, 5.41) is 0. The first-order chi connectivity index (χ1) is 17.3. The van der Waals surface area contributed by atoms with Gasteiger partial charge in [-0.3, -0.25) is 0 Å². The summed E-state index contributed by atoms with van der Waals surface area (Å²) < 4.78 is 17.1. The lowest BCUT2D eigenvalue weighted by atomic mass is 10.1. The van der Waals surface area contributed by atoms with Gasteiger partial charge in [0, 0.05) is 18.8 Å². The van der Waals surface area contributed by atoms with Crippen LogP contribution in [0.25, 0.3) is 11.4 Å². The van der Waals surface area contributed by atoms with Crippen molar-refractivity contribution in [2.75, 3.05) is 26.4 Å². The quantitative estimate of drug-likeness (QED) is 0.133. The highest BCUT2D eigenvalue weighted by Gasteiger charge is 2.03. The van der Waals surface area contributed by atoms with Gasteiger partial charge in [0.15, 0.2) is 11.6 Å². The molecule has 0 saturated carbocycles. The van der Waals surface area contributed by atoms with Gasteiger partial charge >= 0.3 is 0 Å². The third kappa shape index (κ3) is 13.9. The molecule has 0 fully saturated rings. The Bertz CT molecular complexity index is 775. The van der Waals surface area contributed by atoms with Crippen molar-refractivity contribution in [2.45, 2.75) is 90.9 Å². The minimum absolute atomic E-state index is 0.552. The SMILES string of the molecule is CCCCCCCCC/C=C/COc1cnc(-c2ccc(OCCCCOCCCC)cc2)nc1. The van der Waals surface area contributed by atoms with Crippen LogP contribution in [0.4, 0.5) is 0 Å². The molecule has 2 aromatic rings. The second kappa shape index (κ2) is 19.9. The molecule has 1 aromatic carbocycles. The maximum Gasteiger partial charge on any atom is 0.159 e. The van der Waals surface area contributed by atoms with Crippen LogP contribution in [0.15, 0.2) is 48.8 Å². The molecule has 0 saturated heterocycles. The summed E-state index contributed by atoms with van der Waals surface area (Å²) in [6, 6.07) is 7.92. The number of hydrogen-bond acceptors (Lipinski definition) is 5. The Labute approximate surface area is 213 Å². The summed E-state index contributed by atoms with van der Waals surface area (Å²) in [7, 11) is 0. The summed E-state index contributed by atoms with van der Waals surface area (Å²) >= 11 is 0. The Morgan fingerprint density at radius 3 is 2.03 bits per heavy atom. The molecular formula is C30H46N2O3. The van der Waals surface area contributed by atoms with E-state index in [1.807, 2.05) is 24.3 Å². The molecule has 35 heavy (non-hydrogen) atoms. The minimum Gasteiger partial charge on any atom is -0.494 e. The van der Waals surface area contributed by atoms with Gasteiger partial charge in [-0.1, -0.05) is 70.9 Å². The molecule has 1 aromatic heterocycles. The number of nitrogens with zero attached hydrogens (tertiary/aromatic N) is 2. The molecule has 0 amide bonds. The molecule has 1 heterocycles. The molecule has 2 rings (SSSR count). The zero-order valence-corrected chi connectivity index (χ0v) is 22.1. The summed E-state index contributed by atoms with van der Waals surface area (Å²) in [4.78, 5) is 8.90. The number of aromatic nitrogens is 2. The summed E-state index contributed by atoms with van der Waals surface area (Å²) in [6.45, 7) is 7.37. The number of unbranched alkanes of at least 4 members (excludes halogenated alkanes) is 9. The maximum absolute atomic E-state index is 5.83. The van der Waals surface area contributed by atoms with Crippen molar-refractivity contribution in [3.05, 3.63) is 48.8 Å². The Kier molecular flexibility index (Phi) is 16.4. The van der Waals surface area contributed by atoms with E-state index in [-0.39, 0.29) is 0 Å². The van der Waals surface area contributed by atoms with Crippen LogP contribution in [-0.4, -0.2) is 36.4 Å². The van der Waals surface area contributed by atoms with Crippen LogP contribution in [0.5, 0.6) is 11.5 Å². The first-order valence-corrected chi connectivity index (χ1v) is 13.7. The monoisotopic (exact) mass is 482 g/mol. The smallest absolute Gasteiger partial charge is 0.159 e. The maximum atomic E-state index is 5.83. The Balaban J connectivity index is 1.58. The highest BCUT2D eigenvalue weighted by molar-refractivity contribution is 5.56. The van der Waals surface area contributed by atoms with Crippen LogP contribution in [-0.2, 0) is 4.74 Å². The summed E-state index contributed by atoms with van der Waals surface area (Å²) in [5.74, 6) is 2.24. The van der Waals surface area contributed by atoms with Crippen LogP contribution in [0, 0.1) is 0 Å². The largest absolute Gasteiger partial charge is 0.494 e. The fraction of sp³-hybridized carbons (Fsp3) is 0.600. The molecule has 5 heteroatoms. The number of benzene rings is 1. The van der Waals surface area contributed by atoms with Crippen LogP contribution in [0.3, 0.4) is 0 Å². The molecule has 0 radical (unpaired) electrons. The van der Waals surface area contributed by atoms with Crippen molar-refractivity contribution in [3.8, 4) is 22.9 Å². The van der Waals surface area contributed by atoms with Crippen LogP contribution < -0.4 is 9.47 Å². The van der Waals surface area contributed by atoms with Crippen LogP contribution in [0.1, 0.15) is 90.9 Å². The predicted molar refractivity (Wildman–Crippen MR) is 145 cm³/mol. The van der Waals surface area contributed by atoms with Gasteiger partial charge in [-0.15, -0.1) is 0 Å². The van der Waals surface area contributed by atoms with E-state index < -0.39 is 0 Å². The van der Waals surface area contributed by atoms with Gasteiger partial charge in [-0.05, 0) is 56.4 Å². The average molecular weight is 483 g/mol. The zero-order valence-electron chi connectivity index (χ0n) is 22.1. The summed E-state index contributed by atoms with van der Waals surface area (Å²) in [5.41, 5.74) is 0.961. The van der Waals surface area contributed by atoms with Crippen LogP contribution in [0.2, 0.25) is 0 Å². The molecule has 0 aliphatic carbocycles. The highest BCUT2D eigenvalue weighted by atomic mass is 16.5. The van der Waals surface area contributed by atoms with Gasteiger partial charge in [-0.25, -0.2) is 9.97 Å². The first-order valence-electron chi connectivity index (χ1n) is 13.7. The fourth-order valence-corrected chi connectivity index (χ4v) is 3.63. The minimum atomic E-state index is 0.552. The van der Waals surface area contributed by atoms with E-state index in [0.29, 0.717) is 24.8 Å². The van der Waals surface area contributed by atoms with E-state index in [1.54, 1.807) is 12.4 Å². The summed E-state index contributed by atoms with van der Waals surface area (Å²) in [6.07, 6.45) is 22.6. The van der Waals surface area contributed by atoms with E-state index in [9.17, 15) is 0 Å². The van der Waals surface area contributed by atoms with Crippen molar-refractivity contribution in [1.29, 1.82) is 0 Å². The third-order valence-corrected chi connectivity index (χ3v) is 5.82. The Hall–Kier alpha value is -2.40. The Morgan fingerprint density at radius 1 is 0.629 bits per heavy atom. The van der Waals surface area contributed by atoms with Gasteiger partial charge in [0.1, 0.15) is 12.4 Å². The second-order valence-corrected chi connectivity index (χ2v) is 8.98. The first kappa shape index (κ1) is 28.8. The molecule has 0 spiro atoms. The number of ether oxygens (including phenoxy) is 3. The van der Waals surface area contributed by atoms with Crippen molar-refractivity contribution in [1.82, 2.24) is 9.97 Å². The zero-order chi connectivity index (χ0) is 24.8. The number of hydrogen-bond donors (Lipinski definition) is 0. The van der Waals surface area contributed by atoms with E-state index in [1.165, 1.54) is 51.4 Å². The standard InChI is InChI=1S/C30H46N2O3/c1-3-5-7-8-9-10-11-12-13-14-23-35-29-25-31-30(32-26-29)27-17-19-28(20-18-27)34-24-16-15-22-33-21-6-4-2/h13-14,17-20,25-26H,3-12,15-16,21-24H2,1-2H3/b14-13+. The molecule has 0 bridgehead atoms. The molecule has 194 valence electrons. The van der Waals surface area contributed by atoms with E-state index in [4.69, 9.17) is 14.2 Å². The molecule has 0 unspecified atom stereocenters. The topological polar surface area (TPSA) is 53.5 Å². The van der Waals surface area contributed by atoms with Gasteiger partial charge in [-0.2, -0.15) is 0 Å². The van der Waals surface area contributed by atoms with E-state index in [2.05, 4.69) is 36.0 Å². The molecule has 0 N–H and O–H groups in total. The lowest BCUT2D eigenvalue weighted by Crippen LogP contribution is -2.01. The number of rotatable bonds is 21. The van der Waals surface area contributed by atoms with E-state index >= 15 is 0 Å². The van der Waals surface area contributed by atoms with Crippen molar-refractivity contribution < 1.29 is 14.2 Å². The third-order valence-electron chi connectivity index (χ3n) is 5.82. The van der Waals surface area contributed by atoms with Gasteiger partial charge in [0.2, 0.25) is 0 Å². The Morgan fingerprint density at radius 2 is 1.29 bits per heavy atom. The molecule has 0 atom stereocenters. The lowest BCUT2D eigenvalue weighted by Gasteiger charge is -2.08. The van der Waals surface area contributed by atoms with Crippen LogP contribution >= 0.6 is 0 Å². The molecule has 0 aliphatic heterocycles. The fourth-order valence-electron chi connectivity index (χ4n) is 3.63. The van der Waals surface area contributed by atoms with Gasteiger partial charge in [0.05, 0.1) is 19.0 Å². The predicted octanol–water partition coefficient (Wildman–Crippen LogP) is 8.20. The molecule has 5 nitrogen and oxygen atoms in total. The van der Waals surface area contributed by atoms with E-state index in [0.717, 1.165) is 50.2 Å². The van der Waals surface area contributed by atoms with Crippen molar-refractivity contribution in [2.24, 2.45) is 0 Å².